The Morgan fingerprint density at radius 1 is 0.933 bits per heavy atom. The summed E-state index contributed by atoms with van der Waals surface area (Å²) in [5.41, 5.74) is 0.845. The number of carbonyl (C=O) groups excluding carboxylic acids is 1. The van der Waals surface area contributed by atoms with E-state index < -0.39 is 15.9 Å². The van der Waals surface area contributed by atoms with Crippen molar-refractivity contribution in [1.29, 1.82) is 0 Å². The lowest BCUT2D eigenvalue weighted by atomic mass is 10.1. The molecule has 0 aliphatic heterocycles. The number of anilines is 2. The Labute approximate surface area is 179 Å². The average molecular weight is 447 g/mol. The zero-order valence-corrected chi connectivity index (χ0v) is 17.8. The Hall–Kier alpha value is -3.23. The summed E-state index contributed by atoms with van der Waals surface area (Å²) in [6.45, 7) is 0. The molecule has 0 bridgehead atoms. The summed E-state index contributed by atoms with van der Waals surface area (Å²) in [5, 5.41) is 2.96. The number of amides is 1. The van der Waals surface area contributed by atoms with Crippen molar-refractivity contribution in [2.75, 3.05) is 24.3 Å². The molecular weight excluding hydrogens is 428 g/mol. The number of hydrogen-bond acceptors (Lipinski definition) is 5. The van der Waals surface area contributed by atoms with Crippen LogP contribution in [0.1, 0.15) is 10.4 Å². The second kappa shape index (κ2) is 9.06. The van der Waals surface area contributed by atoms with Crippen LogP contribution in [0.15, 0.2) is 71.6 Å². The monoisotopic (exact) mass is 446 g/mol. The molecule has 0 spiro atoms. The average Bonchev–Trinajstić information content (AvgIpc) is 2.75. The second-order valence-electron chi connectivity index (χ2n) is 6.13. The zero-order chi connectivity index (χ0) is 21.7. The summed E-state index contributed by atoms with van der Waals surface area (Å²) in [4.78, 5) is 12.6. The van der Waals surface area contributed by atoms with E-state index >= 15 is 0 Å². The number of hydrogen-bond donors (Lipinski definition) is 2. The molecule has 156 valence electrons. The van der Waals surface area contributed by atoms with Gasteiger partial charge in [0.1, 0.15) is 11.5 Å². The van der Waals surface area contributed by atoms with Gasteiger partial charge in [-0.2, -0.15) is 0 Å². The fourth-order valence-electron chi connectivity index (χ4n) is 2.67. The minimum Gasteiger partial charge on any atom is -0.497 e. The van der Waals surface area contributed by atoms with Gasteiger partial charge in [0.05, 0.1) is 35.4 Å². The minimum atomic E-state index is -3.91. The van der Waals surface area contributed by atoms with E-state index in [2.05, 4.69) is 10.0 Å². The molecule has 3 aromatic rings. The Morgan fingerprint density at radius 3 is 2.40 bits per heavy atom. The second-order valence-corrected chi connectivity index (χ2v) is 8.22. The fraction of sp³-hybridized carbons (Fsp3) is 0.0952. The molecule has 0 radical (unpaired) electrons. The largest absolute Gasteiger partial charge is 0.497 e. The predicted molar refractivity (Wildman–Crippen MR) is 116 cm³/mol. The van der Waals surface area contributed by atoms with Crippen LogP contribution in [0.2, 0.25) is 5.02 Å². The zero-order valence-electron chi connectivity index (χ0n) is 16.2. The summed E-state index contributed by atoms with van der Waals surface area (Å²) in [5.74, 6) is 0.418. The molecule has 0 saturated heterocycles. The molecule has 3 aromatic carbocycles. The van der Waals surface area contributed by atoms with Crippen LogP contribution in [0.25, 0.3) is 0 Å². The van der Waals surface area contributed by atoms with Gasteiger partial charge in [0.15, 0.2) is 0 Å². The van der Waals surface area contributed by atoms with Crippen molar-refractivity contribution in [1.82, 2.24) is 0 Å². The van der Waals surface area contributed by atoms with Gasteiger partial charge >= 0.3 is 0 Å². The first-order valence-electron chi connectivity index (χ1n) is 8.75. The maximum absolute atomic E-state index is 12.7. The summed E-state index contributed by atoms with van der Waals surface area (Å²) >= 11 is 6.03. The van der Waals surface area contributed by atoms with Crippen LogP contribution in [0.3, 0.4) is 0 Å². The SMILES string of the molecule is COc1ccc(C(=O)Nc2cccc(S(=O)(=O)Nc3ccccc3Cl)c2)c(OC)c1. The van der Waals surface area contributed by atoms with Crippen molar-refractivity contribution in [3.8, 4) is 11.5 Å². The number of para-hydroxylation sites is 1. The van der Waals surface area contributed by atoms with E-state index in [0.29, 0.717) is 17.2 Å². The van der Waals surface area contributed by atoms with Crippen molar-refractivity contribution in [3.63, 3.8) is 0 Å². The highest BCUT2D eigenvalue weighted by molar-refractivity contribution is 7.92. The van der Waals surface area contributed by atoms with Crippen molar-refractivity contribution < 1.29 is 22.7 Å². The van der Waals surface area contributed by atoms with E-state index in [4.69, 9.17) is 21.1 Å². The first-order valence-corrected chi connectivity index (χ1v) is 10.6. The smallest absolute Gasteiger partial charge is 0.262 e. The first-order chi connectivity index (χ1) is 14.3. The molecule has 0 aliphatic rings. The lowest BCUT2D eigenvalue weighted by Gasteiger charge is -2.13. The molecule has 0 fully saturated rings. The standard InChI is InChI=1S/C21H19ClN2O5S/c1-28-15-10-11-17(20(13-15)29-2)21(25)23-14-6-5-7-16(12-14)30(26,27)24-19-9-4-3-8-18(19)22/h3-13,24H,1-2H3,(H,23,25). The van der Waals surface area contributed by atoms with Crippen LogP contribution in [-0.4, -0.2) is 28.5 Å². The molecule has 30 heavy (non-hydrogen) atoms. The highest BCUT2D eigenvalue weighted by Crippen LogP contribution is 2.27. The third kappa shape index (κ3) is 4.84. The number of halogens is 1. The topological polar surface area (TPSA) is 93.7 Å². The molecule has 0 aromatic heterocycles. The van der Waals surface area contributed by atoms with E-state index in [1.807, 2.05) is 0 Å². The van der Waals surface area contributed by atoms with Gasteiger partial charge in [0.2, 0.25) is 0 Å². The molecule has 3 rings (SSSR count). The van der Waals surface area contributed by atoms with E-state index in [-0.39, 0.29) is 21.2 Å². The third-order valence-corrected chi connectivity index (χ3v) is 5.87. The highest BCUT2D eigenvalue weighted by atomic mass is 35.5. The molecule has 0 aliphatic carbocycles. The Bertz CT molecular complexity index is 1180. The fourth-order valence-corrected chi connectivity index (χ4v) is 4.04. The van der Waals surface area contributed by atoms with Gasteiger partial charge in [-0.25, -0.2) is 8.42 Å². The minimum absolute atomic E-state index is 0.0260. The highest BCUT2D eigenvalue weighted by Gasteiger charge is 2.18. The maximum Gasteiger partial charge on any atom is 0.262 e. The van der Waals surface area contributed by atoms with Gasteiger partial charge in [-0.15, -0.1) is 0 Å². The Balaban J connectivity index is 1.84. The van der Waals surface area contributed by atoms with Gasteiger partial charge in [0, 0.05) is 11.8 Å². The van der Waals surface area contributed by atoms with Crippen LogP contribution in [0.4, 0.5) is 11.4 Å². The van der Waals surface area contributed by atoms with Crippen LogP contribution in [0, 0.1) is 0 Å². The van der Waals surface area contributed by atoms with Crippen molar-refractivity contribution >= 4 is 38.9 Å². The number of sulfonamides is 1. The maximum atomic E-state index is 12.7. The molecule has 0 saturated carbocycles. The Kier molecular flexibility index (Phi) is 6.49. The van der Waals surface area contributed by atoms with Crippen LogP contribution >= 0.6 is 11.6 Å². The van der Waals surface area contributed by atoms with Gasteiger partial charge in [-0.1, -0.05) is 29.8 Å². The van der Waals surface area contributed by atoms with E-state index in [0.717, 1.165) is 0 Å². The molecular formula is C21H19ClN2O5S. The van der Waals surface area contributed by atoms with Crippen molar-refractivity contribution in [2.45, 2.75) is 4.90 Å². The molecule has 2 N–H and O–H groups in total. The summed E-state index contributed by atoms with van der Waals surface area (Å²) in [6.07, 6.45) is 0. The van der Waals surface area contributed by atoms with Gasteiger partial charge in [-0.05, 0) is 42.5 Å². The third-order valence-electron chi connectivity index (χ3n) is 4.17. The van der Waals surface area contributed by atoms with Crippen molar-refractivity contribution in [3.05, 3.63) is 77.3 Å². The van der Waals surface area contributed by atoms with Crippen LogP contribution in [0.5, 0.6) is 11.5 Å². The van der Waals surface area contributed by atoms with E-state index in [1.165, 1.54) is 32.4 Å². The number of methoxy groups -OCH3 is 2. The Morgan fingerprint density at radius 2 is 1.70 bits per heavy atom. The number of carbonyl (C=O) groups is 1. The summed E-state index contributed by atoms with van der Waals surface area (Å²) in [7, 11) is -0.953. The lowest BCUT2D eigenvalue weighted by Crippen LogP contribution is -2.15. The molecule has 7 nitrogen and oxygen atoms in total. The predicted octanol–water partition coefficient (Wildman–Crippen LogP) is 4.41. The van der Waals surface area contributed by atoms with Gasteiger partial charge in [-0.3, -0.25) is 9.52 Å². The van der Waals surface area contributed by atoms with Crippen molar-refractivity contribution in [2.24, 2.45) is 0 Å². The first kappa shape index (κ1) is 21.5. The lowest BCUT2D eigenvalue weighted by molar-refractivity contribution is 0.102. The summed E-state index contributed by atoms with van der Waals surface area (Å²) in [6, 6.07) is 17.2. The molecule has 1 amide bonds. The van der Waals surface area contributed by atoms with E-state index in [1.54, 1.807) is 48.5 Å². The summed E-state index contributed by atoms with van der Waals surface area (Å²) < 4.78 is 38.2. The van der Waals surface area contributed by atoms with Gasteiger partial charge in [0.25, 0.3) is 15.9 Å². The molecule has 0 unspecified atom stereocenters. The quantitative estimate of drug-likeness (QED) is 0.560. The molecule has 9 heteroatoms. The molecule has 0 atom stereocenters. The number of rotatable bonds is 7. The number of ether oxygens (including phenoxy) is 2. The van der Waals surface area contributed by atoms with Crippen LogP contribution in [-0.2, 0) is 10.0 Å². The normalized spacial score (nSPS) is 10.9. The van der Waals surface area contributed by atoms with Crippen LogP contribution < -0.4 is 19.5 Å². The number of nitrogens with one attached hydrogen (secondary N) is 2. The number of benzene rings is 3. The molecule has 0 heterocycles. The van der Waals surface area contributed by atoms with Gasteiger partial charge < -0.3 is 14.8 Å². The van der Waals surface area contributed by atoms with E-state index in [9.17, 15) is 13.2 Å².